The van der Waals surface area contributed by atoms with Gasteiger partial charge in [-0.15, -0.1) is 10.2 Å². The number of phenols is 1. The van der Waals surface area contributed by atoms with Gasteiger partial charge >= 0.3 is 0 Å². The smallest absolute Gasteiger partial charge is 0.210 e. The van der Waals surface area contributed by atoms with Gasteiger partial charge in [-0.1, -0.05) is 18.6 Å². The maximum absolute atomic E-state index is 10.9. The number of rotatable bonds is 5. The molecule has 0 atom stereocenters. The van der Waals surface area contributed by atoms with Crippen LogP contribution in [-0.2, 0) is 4.74 Å². The number of phenolic OH excluding ortho intramolecular Hbond substituents is 1. The van der Waals surface area contributed by atoms with Crippen molar-refractivity contribution in [2.45, 2.75) is 77.4 Å². The molecule has 0 unspecified atom stereocenters. The van der Waals surface area contributed by atoms with Gasteiger partial charge in [0.2, 0.25) is 5.90 Å². The summed E-state index contributed by atoms with van der Waals surface area (Å²) in [5, 5.41) is 23.9. The molecule has 0 aromatic heterocycles. The number of aromatic hydroxyl groups is 1. The van der Waals surface area contributed by atoms with Crippen molar-refractivity contribution in [1.82, 2.24) is 10.2 Å². The van der Waals surface area contributed by atoms with Gasteiger partial charge < -0.3 is 25.8 Å². The number of piperidine rings is 1. The first-order chi connectivity index (χ1) is 16.9. The minimum Gasteiger partial charge on any atom is -0.507 e. The minimum atomic E-state index is 0.0423. The molecule has 0 bridgehead atoms. The molecule has 0 aliphatic carbocycles. The summed E-state index contributed by atoms with van der Waals surface area (Å²) in [6.07, 6.45) is 7.33. The molecule has 3 rings (SSSR count). The van der Waals surface area contributed by atoms with E-state index in [0.29, 0.717) is 34.5 Å². The van der Waals surface area contributed by atoms with Gasteiger partial charge in [0.15, 0.2) is 0 Å². The SMILES string of the molecule is CCC1=CC(c2ccc(C(N)=CC(=NC)OC)cc2O)=NN=C(N(C)C2CC(C)(C)NC(C)(C)C2)C1. The van der Waals surface area contributed by atoms with Gasteiger partial charge in [0, 0.05) is 60.5 Å². The molecule has 2 aliphatic rings. The molecule has 0 spiro atoms. The first kappa shape index (κ1) is 27.5. The predicted octanol–water partition coefficient (Wildman–Crippen LogP) is 4.45. The Bertz CT molecular complexity index is 1110. The van der Waals surface area contributed by atoms with Crippen LogP contribution < -0.4 is 11.1 Å². The highest BCUT2D eigenvalue weighted by Crippen LogP contribution is 2.32. The number of hydrogen-bond acceptors (Lipinski definition) is 8. The Balaban J connectivity index is 1.92. The maximum atomic E-state index is 10.9. The Labute approximate surface area is 215 Å². The normalized spacial score (nSPS) is 20.7. The number of benzene rings is 1. The summed E-state index contributed by atoms with van der Waals surface area (Å²) >= 11 is 0. The molecule has 1 aromatic rings. The fourth-order valence-electron chi connectivity index (χ4n) is 5.29. The molecule has 0 amide bonds. The van der Waals surface area contributed by atoms with Crippen molar-refractivity contribution in [3.8, 4) is 5.75 Å². The van der Waals surface area contributed by atoms with Crippen molar-refractivity contribution in [2.24, 2.45) is 20.9 Å². The fourth-order valence-corrected chi connectivity index (χ4v) is 5.29. The summed E-state index contributed by atoms with van der Waals surface area (Å²) < 4.78 is 5.16. The van der Waals surface area contributed by atoms with Crippen LogP contribution in [0.4, 0.5) is 0 Å². The lowest BCUT2D eigenvalue weighted by molar-refractivity contribution is 0.113. The number of methoxy groups -OCH3 is 1. The average Bonchev–Trinajstić information content (AvgIpc) is 3.02. The lowest BCUT2D eigenvalue weighted by atomic mass is 9.79. The number of hydrogen-bond donors (Lipinski definition) is 3. The number of nitrogens with two attached hydrogens (primary N) is 1. The van der Waals surface area contributed by atoms with Crippen LogP contribution in [0.25, 0.3) is 5.70 Å². The molecule has 36 heavy (non-hydrogen) atoms. The van der Waals surface area contributed by atoms with Gasteiger partial charge in [0.1, 0.15) is 11.6 Å². The van der Waals surface area contributed by atoms with Crippen LogP contribution in [0.1, 0.15) is 71.4 Å². The van der Waals surface area contributed by atoms with Crippen LogP contribution in [0.2, 0.25) is 0 Å². The zero-order valence-corrected chi connectivity index (χ0v) is 23.0. The molecule has 8 nitrogen and oxygen atoms in total. The predicted molar refractivity (Wildman–Crippen MR) is 150 cm³/mol. The molecule has 0 radical (unpaired) electrons. The van der Waals surface area contributed by atoms with Crippen molar-refractivity contribution >= 4 is 23.1 Å². The highest BCUT2D eigenvalue weighted by atomic mass is 16.5. The second kappa shape index (κ2) is 10.9. The summed E-state index contributed by atoms with van der Waals surface area (Å²) in [5.74, 6) is 1.45. The number of aliphatic imine (C=N–C) groups is 1. The molecule has 2 heterocycles. The Kier molecular flexibility index (Phi) is 8.29. The monoisotopic (exact) mass is 494 g/mol. The van der Waals surface area contributed by atoms with E-state index in [1.54, 1.807) is 19.2 Å². The maximum Gasteiger partial charge on any atom is 0.210 e. The summed E-state index contributed by atoms with van der Waals surface area (Å²) in [6, 6.07) is 5.67. The number of amidine groups is 1. The third-order valence-corrected chi connectivity index (χ3v) is 6.89. The average molecular weight is 495 g/mol. The number of nitrogens with zero attached hydrogens (tertiary/aromatic N) is 4. The molecule has 196 valence electrons. The van der Waals surface area contributed by atoms with E-state index in [1.165, 1.54) is 12.7 Å². The minimum absolute atomic E-state index is 0.0423. The van der Waals surface area contributed by atoms with Gasteiger partial charge in [-0.25, -0.2) is 0 Å². The van der Waals surface area contributed by atoms with E-state index in [0.717, 1.165) is 31.5 Å². The third-order valence-electron chi connectivity index (χ3n) is 6.89. The highest BCUT2D eigenvalue weighted by Gasteiger charge is 2.40. The number of allylic oxidation sites excluding steroid dienone is 1. The van der Waals surface area contributed by atoms with Gasteiger partial charge in [0.25, 0.3) is 0 Å². The topological polar surface area (TPSA) is 108 Å². The van der Waals surface area contributed by atoms with Gasteiger partial charge in [0.05, 0.1) is 12.8 Å². The fraction of sp³-hybridized carbons (Fsp3) is 0.536. The van der Waals surface area contributed by atoms with Crippen LogP contribution in [-0.4, -0.2) is 65.8 Å². The largest absolute Gasteiger partial charge is 0.507 e. The van der Waals surface area contributed by atoms with E-state index in [9.17, 15) is 5.11 Å². The van der Waals surface area contributed by atoms with Crippen LogP contribution >= 0.6 is 0 Å². The Morgan fingerprint density at radius 3 is 2.47 bits per heavy atom. The van der Waals surface area contributed by atoms with Gasteiger partial charge in [-0.05, 0) is 65.2 Å². The zero-order valence-electron chi connectivity index (χ0n) is 23.0. The van der Waals surface area contributed by atoms with Crippen molar-refractivity contribution < 1.29 is 9.84 Å². The summed E-state index contributed by atoms with van der Waals surface area (Å²) in [5.41, 5.74) is 9.86. The van der Waals surface area contributed by atoms with Crippen LogP contribution in [0.5, 0.6) is 5.75 Å². The molecule has 4 N–H and O–H groups in total. The van der Waals surface area contributed by atoms with Crippen LogP contribution in [0.3, 0.4) is 0 Å². The summed E-state index contributed by atoms with van der Waals surface area (Å²) in [4.78, 5) is 6.31. The third kappa shape index (κ3) is 6.55. The standard InChI is InChI=1S/C28H42N6O2/c1-9-18-12-23(21-11-10-19(14-24(21)35)22(29)15-26(30-6)36-8)31-32-25(13-18)34(7)20-16-27(2,3)33-28(4,5)17-20/h10-12,14-15,20,33,35H,9,13,16-17,29H2,1-8H3. The quantitative estimate of drug-likeness (QED) is 0.414. The van der Waals surface area contributed by atoms with Gasteiger partial charge in [-0.2, -0.15) is 0 Å². The van der Waals surface area contributed by atoms with E-state index >= 15 is 0 Å². The molecular formula is C28H42N6O2. The summed E-state index contributed by atoms with van der Waals surface area (Å²) in [6.45, 7) is 11.2. The van der Waals surface area contributed by atoms with Crippen molar-refractivity contribution in [2.75, 3.05) is 21.2 Å². The van der Waals surface area contributed by atoms with Crippen molar-refractivity contribution in [3.63, 3.8) is 0 Å². The van der Waals surface area contributed by atoms with Crippen LogP contribution in [0.15, 0.2) is 51.1 Å². The second-order valence-electron chi connectivity index (χ2n) is 11.0. The second-order valence-corrected chi connectivity index (χ2v) is 11.0. The van der Waals surface area contributed by atoms with E-state index < -0.39 is 0 Å². The van der Waals surface area contributed by atoms with Gasteiger partial charge in [-0.3, -0.25) is 4.99 Å². The number of ether oxygens (including phenoxy) is 1. The van der Waals surface area contributed by atoms with E-state index in [1.807, 2.05) is 18.2 Å². The van der Waals surface area contributed by atoms with E-state index in [-0.39, 0.29) is 16.8 Å². The molecule has 2 aliphatic heterocycles. The molecule has 1 aromatic carbocycles. The number of nitrogens with one attached hydrogen (secondary N) is 1. The van der Waals surface area contributed by atoms with E-state index in [4.69, 9.17) is 10.5 Å². The Morgan fingerprint density at radius 2 is 1.92 bits per heavy atom. The van der Waals surface area contributed by atoms with Crippen molar-refractivity contribution in [1.29, 1.82) is 0 Å². The zero-order chi connectivity index (χ0) is 26.7. The van der Waals surface area contributed by atoms with Crippen LogP contribution in [0, 0.1) is 0 Å². The molecule has 1 fully saturated rings. The Morgan fingerprint density at radius 1 is 1.25 bits per heavy atom. The van der Waals surface area contributed by atoms with E-state index in [2.05, 4.69) is 67.1 Å². The molecule has 1 saturated heterocycles. The first-order valence-corrected chi connectivity index (χ1v) is 12.6. The lowest BCUT2D eigenvalue weighted by Crippen LogP contribution is -2.62. The Hall–Kier alpha value is -3.13. The lowest BCUT2D eigenvalue weighted by Gasteiger charge is -2.49. The summed E-state index contributed by atoms with van der Waals surface area (Å²) in [7, 11) is 5.29. The van der Waals surface area contributed by atoms with Crippen molar-refractivity contribution in [3.05, 3.63) is 47.1 Å². The molecule has 8 heteroatoms. The highest BCUT2D eigenvalue weighted by molar-refractivity contribution is 6.12. The molecular weight excluding hydrogens is 452 g/mol. The molecule has 0 saturated carbocycles. The first-order valence-electron chi connectivity index (χ1n) is 12.6.